The van der Waals surface area contributed by atoms with Crippen molar-refractivity contribution in [2.24, 2.45) is 5.73 Å². The number of methoxy groups -OCH3 is 1. The Kier molecular flexibility index (Phi) is 3.89. The minimum Gasteiger partial charge on any atom is -0.469 e. The molecule has 1 amide bonds. The molecule has 0 fully saturated rings. The van der Waals surface area contributed by atoms with E-state index < -0.39 is 17.8 Å². The molecule has 116 valence electrons. The predicted molar refractivity (Wildman–Crippen MR) is 85.6 cm³/mol. The van der Waals surface area contributed by atoms with E-state index >= 15 is 0 Å². The van der Waals surface area contributed by atoms with Gasteiger partial charge in [-0.15, -0.1) is 0 Å². The topological polar surface area (TPSA) is 95.2 Å². The van der Waals surface area contributed by atoms with Gasteiger partial charge in [-0.2, -0.15) is 0 Å². The molecule has 0 aliphatic rings. The number of primary amides is 1. The van der Waals surface area contributed by atoms with E-state index in [1.54, 1.807) is 12.1 Å². The van der Waals surface area contributed by atoms with Crippen molar-refractivity contribution in [3.63, 3.8) is 0 Å². The molecule has 1 unspecified atom stereocenters. The first kappa shape index (κ1) is 14.9. The van der Waals surface area contributed by atoms with Crippen molar-refractivity contribution in [3.8, 4) is 0 Å². The molecule has 23 heavy (non-hydrogen) atoms. The molecule has 0 saturated carbocycles. The SMILES string of the molecule is COC(=O)C(CC(N)=O)c1cccc2nc3ccccc3nc12. The van der Waals surface area contributed by atoms with E-state index in [4.69, 9.17) is 10.5 Å². The fourth-order valence-electron chi connectivity index (χ4n) is 2.61. The van der Waals surface area contributed by atoms with E-state index in [9.17, 15) is 9.59 Å². The van der Waals surface area contributed by atoms with Crippen molar-refractivity contribution in [3.05, 3.63) is 48.0 Å². The first-order valence-electron chi connectivity index (χ1n) is 7.11. The molecule has 2 N–H and O–H groups in total. The average molecular weight is 309 g/mol. The summed E-state index contributed by atoms with van der Waals surface area (Å²) in [5.74, 6) is -1.89. The van der Waals surface area contributed by atoms with Crippen LogP contribution < -0.4 is 5.73 Å². The Balaban J connectivity index is 2.24. The molecule has 0 bridgehead atoms. The lowest BCUT2D eigenvalue weighted by molar-refractivity contribution is -0.143. The van der Waals surface area contributed by atoms with Crippen LogP contribution in [0.4, 0.5) is 0 Å². The van der Waals surface area contributed by atoms with Gasteiger partial charge in [0, 0.05) is 6.42 Å². The van der Waals surface area contributed by atoms with E-state index in [0.717, 1.165) is 11.0 Å². The zero-order chi connectivity index (χ0) is 16.4. The minimum absolute atomic E-state index is 0.139. The lowest BCUT2D eigenvalue weighted by Crippen LogP contribution is -2.22. The summed E-state index contributed by atoms with van der Waals surface area (Å²) in [6.07, 6.45) is -0.139. The maximum Gasteiger partial charge on any atom is 0.313 e. The van der Waals surface area contributed by atoms with Crippen LogP contribution >= 0.6 is 0 Å². The van der Waals surface area contributed by atoms with Crippen LogP contribution in [-0.4, -0.2) is 29.0 Å². The minimum atomic E-state index is -0.795. The number of ether oxygens (including phenoxy) is 1. The number of esters is 1. The van der Waals surface area contributed by atoms with Gasteiger partial charge in [-0.3, -0.25) is 9.59 Å². The summed E-state index contributed by atoms with van der Waals surface area (Å²) < 4.78 is 4.81. The van der Waals surface area contributed by atoms with Gasteiger partial charge < -0.3 is 10.5 Å². The van der Waals surface area contributed by atoms with E-state index in [0.29, 0.717) is 16.6 Å². The van der Waals surface area contributed by atoms with Gasteiger partial charge in [0.05, 0.1) is 35.1 Å². The van der Waals surface area contributed by atoms with Crippen LogP contribution in [0.2, 0.25) is 0 Å². The lowest BCUT2D eigenvalue weighted by Gasteiger charge is -2.15. The molecule has 2 aromatic carbocycles. The number of rotatable bonds is 4. The fraction of sp³-hybridized carbons (Fsp3) is 0.176. The number of carbonyl (C=O) groups excluding carboxylic acids is 2. The zero-order valence-corrected chi connectivity index (χ0v) is 12.5. The number of para-hydroxylation sites is 3. The third-order valence-corrected chi connectivity index (χ3v) is 3.67. The highest BCUT2D eigenvalue weighted by atomic mass is 16.5. The Hall–Kier alpha value is -3.02. The summed E-state index contributed by atoms with van der Waals surface area (Å²) >= 11 is 0. The normalized spacial score (nSPS) is 12.2. The predicted octanol–water partition coefficient (Wildman–Crippen LogP) is 1.91. The van der Waals surface area contributed by atoms with Gasteiger partial charge in [0.15, 0.2) is 0 Å². The molecule has 0 spiro atoms. The molecule has 3 aromatic rings. The zero-order valence-electron chi connectivity index (χ0n) is 12.5. The number of carbonyl (C=O) groups is 2. The molecule has 1 atom stereocenters. The van der Waals surface area contributed by atoms with Crippen LogP contribution in [0.3, 0.4) is 0 Å². The molecule has 1 heterocycles. The van der Waals surface area contributed by atoms with Gasteiger partial charge >= 0.3 is 5.97 Å². The maximum absolute atomic E-state index is 12.1. The highest BCUT2D eigenvalue weighted by molar-refractivity contribution is 5.93. The summed E-state index contributed by atoms with van der Waals surface area (Å²) in [4.78, 5) is 32.6. The second kappa shape index (κ2) is 6.00. The third-order valence-electron chi connectivity index (χ3n) is 3.67. The van der Waals surface area contributed by atoms with Crippen molar-refractivity contribution < 1.29 is 14.3 Å². The Bertz CT molecular complexity index is 908. The number of nitrogens with zero attached hydrogens (tertiary/aromatic N) is 2. The number of aromatic nitrogens is 2. The van der Waals surface area contributed by atoms with Crippen LogP contribution in [0.15, 0.2) is 42.5 Å². The van der Waals surface area contributed by atoms with Gasteiger partial charge in [0.1, 0.15) is 0 Å². The number of benzene rings is 2. The highest BCUT2D eigenvalue weighted by Gasteiger charge is 2.26. The summed E-state index contributed by atoms with van der Waals surface area (Å²) in [5.41, 5.74) is 8.57. The quantitative estimate of drug-likeness (QED) is 0.587. The summed E-state index contributed by atoms with van der Waals surface area (Å²) in [7, 11) is 1.28. The van der Waals surface area contributed by atoms with E-state index in [2.05, 4.69) is 9.97 Å². The molecule has 3 rings (SSSR count). The van der Waals surface area contributed by atoms with Crippen molar-refractivity contribution in [2.45, 2.75) is 12.3 Å². The molecule has 6 heteroatoms. The van der Waals surface area contributed by atoms with Crippen LogP contribution in [0.5, 0.6) is 0 Å². The molecule has 0 aliphatic carbocycles. The van der Waals surface area contributed by atoms with Crippen LogP contribution in [0.1, 0.15) is 17.9 Å². The van der Waals surface area contributed by atoms with Gasteiger partial charge in [-0.05, 0) is 23.8 Å². The van der Waals surface area contributed by atoms with E-state index in [1.165, 1.54) is 7.11 Å². The Morgan fingerprint density at radius 1 is 1.04 bits per heavy atom. The fourth-order valence-corrected chi connectivity index (χ4v) is 2.61. The van der Waals surface area contributed by atoms with Crippen molar-refractivity contribution in [2.75, 3.05) is 7.11 Å². The number of amides is 1. The summed E-state index contributed by atoms with van der Waals surface area (Å²) in [5, 5.41) is 0. The van der Waals surface area contributed by atoms with Gasteiger partial charge in [0.25, 0.3) is 0 Å². The molecule has 6 nitrogen and oxygen atoms in total. The van der Waals surface area contributed by atoms with E-state index in [1.807, 2.05) is 30.3 Å². The standard InChI is InChI=1S/C17H15N3O3/c1-23-17(22)11(9-15(18)21)10-5-4-8-14-16(10)20-13-7-3-2-6-12(13)19-14/h2-8,11H,9H2,1H3,(H2,18,21). The Morgan fingerprint density at radius 2 is 1.70 bits per heavy atom. The van der Waals surface area contributed by atoms with Crippen molar-refractivity contribution >= 4 is 33.9 Å². The first-order chi connectivity index (χ1) is 11.1. The molecule has 0 saturated heterocycles. The number of fused-ring (bicyclic) bond motifs is 2. The summed E-state index contributed by atoms with van der Waals surface area (Å²) in [6.45, 7) is 0. The monoisotopic (exact) mass is 309 g/mol. The first-order valence-corrected chi connectivity index (χ1v) is 7.11. The number of nitrogens with two attached hydrogens (primary N) is 1. The molecule has 0 aliphatic heterocycles. The number of hydrogen-bond acceptors (Lipinski definition) is 5. The molecular weight excluding hydrogens is 294 g/mol. The highest BCUT2D eigenvalue weighted by Crippen LogP contribution is 2.28. The Morgan fingerprint density at radius 3 is 2.35 bits per heavy atom. The molecule has 0 radical (unpaired) electrons. The molecular formula is C17H15N3O3. The van der Waals surface area contributed by atoms with Crippen LogP contribution in [0, 0.1) is 0 Å². The second-order valence-corrected chi connectivity index (χ2v) is 5.17. The molecule has 1 aromatic heterocycles. The van der Waals surface area contributed by atoms with Gasteiger partial charge in [-0.1, -0.05) is 24.3 Å². The van der Waals surface area contributed by atoms with Gasteiger partial charge in [-0.25, -0.2) is 9.97 Å². The van der Waals surface area contributed by atoms with Gasteiger partial charge in [0.2, 0.25) is 5.91 Å². The lowest BCUT2D eigenvalue weighted by atomic mass is 9.94. The van der Waals surface area contributed by atoms with Crippen LogP contribution in [0.25, 0.3) is 22.1 Å². The summed E-state index contributed by atoms with van der Waals surface area (Å²) in [6, 6.07) is 12.8. The second-order valence-electron chi connectivity index (χ2n) is 5.17. The smallest absolute Gasteiger partial charge is 0.313 e. The number of hydrogen-bond donors (Lipinski definition) is 1. The van der Waals surface area contributed by atoms with Crippen molar-refractivity contribution in [1.29, 1.82) is 0 Å². The van der Waals surface area contributed by atoms with Crippen LogP contribution in [-0.2, 0) is 14.3 Å². The third kappa shape index (κ3) is 2.83. The average Bonchev–Trinajstić information content (AvgIpc) is 2.56. The van der Waals surface area contributed by atoms with E-state index in [-0.39, 0.29) is 6.42 Å². The maximum atomic E-state index is 12.1. The Labute approximate surface area is 132 Å². The van der Waals surface area contributed by atoms with Crippen molar-refractivity contribution in [1.82, 2.24) is 9.97 Å². The largest absolute Gasteiger partial charge is 0.469 e.